The quantitative estimate of drug-likeness (QED) is 0.706. The fourth-order valence-corrected chi connectivity index (χ4v) is 4.43. The van der Waals surface area contributed by atoms with Crippen molar-refractivity contribution in [1.82, 2.24) is 19.3 Å². The molecule has 0 aliphatic carbocycles. The Labute approximate surface area is 145 Å². The minimum absolute atomic E-state index is 0.302. The van der Waals surface area contributed by atoms with Gasteiger partial charge in [-0.2, -0.15) is 4.31 Å². The minimum atomic E-state index is -3.50. The fraction of sp³-hybridized carbons (Fsp3) is 0.294. The summed E-state index contributed by atoms with van der Waals surface area (Å²) in [7, 11) is -3.50. The predicted octanol–water partition coefficient (Wildman–Crippen LogP) is 1.50. The highest BCUT2D eigenvalue weighted by atomic mass is 32.2. The topological polar surface area (TPSA) is 77.3 Å². The first-order valence-corrected chi connectivity index (χ1v) is 9.54. The number of benzene rings is 2. The Morgan fingerprint density at radius 3 is 2.68 bits per heavy atom. The van der Waals surface area contributed by atoms with E-state index in [9.17, 15) is 8.42 Å². The summed E-state index contributed by atoms with van der Waals surface area (Å²) in [6, 6.07) is 14.7. The average molecular weight is 358 g/mol. The van der Waals surface area contributed by atoms with E-state index in [1.165, 1.54) is 4.31 Å². The maximum Gasteiger partial charge on any atom is 0.243 e. The van der Waals surface area contributed by atoms with Crippen LogP contribution in [-0.4, -0.2) is 54.0 Å². The first-order chi connectivity index (χ1) is 12.1. The summed E-state index contributed by atoms with van der Waals surface area (Å²) in [4.78, 5) is 0.302. The highest BCUT2D eigenvalue weighted by Gasteiger charge is 2.26. The molecule has 3 aromatic rings. The monoisotopic (exact) mass is 358 g/mol. The summed E-state index contributed by atoms with van der Waals surface area (Å²) in [5, 5.41) is 8.29. The zero-order valence-corrected chi connectivity index (χ0v) is 14.4. The average Bonchev–Trinajstić information content (AvgIpc) is 3.06. The van der Waals surface area contributed by atoms with Gasteiger partial charge >= 0.3 is 0 Å². The molecular formula is C17H18N4O3S. The molecule has 4 rings (SSSR count). The first kappa shape index (κ1) is 16.2. The molecule has 1 fully saturated rings. The van der Waals surface area contributed by atoms with Crippen LogP contribution in [0.2, 0.25) is 0 Å². The SMILES string of the molecule is O=S(=O)(c1cccc(Cn2nnc3ccccc32)c1)N1CCOCC1. The van der Waals surface area contributed by atoms with Gasteiger partial charge in [-0.25, -0.2) is 13.1 Å². The molecule has 0 spiro atoms. The molecule has 8 heteroatoms. The summed E-state index contributed by atoms with van der Waals surface area (Å²) in [5.74, 6) is 0. The molecule has 1 aromatic heterocycles. The second-order valence-electron chi connectivity index (χ2n) is 5.90. The zero-order valence-electron chi connectivity index (χ0n) is 13.6. The van der Waals surface area contributed by atoms with Crippen molar-refractivity contribution in [2.75, 3.05) is 26.3 Å². The molecule has 25 heavy (non-hydrogen) atoms. The van der Waals surface area contributed by atoms with Crippen LogP contribution in [-0.2, 0) is 21.3 Å². The molecule has 0 unspecified atom stereocenters. The highest BCUT2D eigenvalue weighted by Crippen LogP contribution is 2.19. The van der Waals surface area contributed by atoms with Gasteiger partial charge in [0, 0.05) is 13.1 Å². The van der Waals surface area contributed by atoms with Crippen LogP contribution in [0.15, 0.2) is 53.4 Å². The molecule has 130 valence electrons. The van der Waals surface area contributed by atoms with Crippen molar-refractivity contribution in [2.45, 2.75) is 11.4 Å². The third kappa shape index (κ3) is 3.15. The number of nitrogens with zero attached hydrogens (tertiary/aromatic N) is 4. The van der Waals surface area contributed by atoms with E-state index >= 15 is 0 Å². The summed E-state index contributed by atoms with van der Waals surface area (Å²) >= 11 is 0. The Morgan fingerprint density at radius 1 is 1.04 bits per heavy atom. The van der Waals surface area contributed by atoms with Gasteiger partial charge in [-0.1, -0.05) is 29.5 Å². The fourth-order valence-electron chi connectivity index (χ4n) is 2.95. The number of ether oxygens (including phenoxy) is 1. The molecule has 2 heterocycles. The minimum Gasteiger partial charge on any atom is -0.379 e. The lowest BCUT2D eigenvalue weighted by Crippen LogP contribution is -2.40. The smallest absolute Gasteiger partial charge is 0.243 e. The normalized spacial score (nSPS) is 16.3. The summed E-state index contributed by atoms with van der Waals surface area (Å²) in [6.45, 7) is 2.11. The third-order valence-corrected chi connectivity index (χ3v) is 6.15. The summed E-state index contributed by atoms with van der Waals surface area (Å²) in [6.07, 6.45) is 0. The molecule has 1 saturated heterocycles. The third-order valence-electron chi connectivity index (χ3n) is 4.26. The molecule has 1 aliphatic rings. The van der Waals surface area contributed by atoms with Crippen molar-refractivity contribution in [3.8, 4) is 0 Å². The van der Waals surface area contributed by atoms with Gasteiger partial charge < -0.3 is 4.74 Å². The maximum absolute atomic E-state index is 12.8. The van der Waals surface area contributed by atoms with E-state index in [-0.39, 0.29) is 0 Å². The van der Waals surface area contributed by atoms with Crippen LogP contribution in [0.1, 0.15) is 5.56 Å². The van der Waals surface area contributed by atoms with Gasteiger partial charge in [0.2, 0.25) is 10.0 Å². The predicted molar refractivity (Wildman–Crippen MR) is 92.6 cm³/mol. The first-order valence-electron chi connectivity index (χ1n) is 8.10. The van der Waals surface area contributed by atoms with Gasteiger partial charge in [0.25, 0.3) is 0 Å². The van der Waals surface area contributed by atoms with Crippen molar-refractivity contribution in [3.05, 3.63) is 54.1 Å². The van der Waals surface area contributed by atoms with Crippen LogP contribution in [0.5, 0.6) is 0 Å². The van der Waals surface area contributed by atoms with Crippen molar-refractivity contribution >= 4 is 21.1 Å². The molecule has 7 nitrogen and oxygen atoms in total. The Balaban J connectivity index is 1.63. The van der Waals surface area contributed by atoms with Gasteiger partial charge in [0.15, 0.2) is 0 Å². The van der Waals surface area contributed by atoms with Crippen molar-refractivity contribution in [1.29, 1.82) is 0 Å². The Kier molecular flexibility index (Phi) is 4.24. The van der Waals surface area contributed by atoms with E-state index in [0.29, 0.717) is 37.7 Å². The molecular weight excluding hydrogens is 340 g/mol. The summed E-state index contributed by atoms with van der Waals surface area (Å²) in [5.41, 5.74) is 2.61. The number of para-hydroxylation sites is 1. The van der Waals surface area contributed by atoms with Gasteiger partial charge in [0.1, 0.15) is 5.52 Å². The molecule has 1 aliphatic heterocycles. The van der Waals surface area contributed by atoms with Crippen LogP contribution < -0.4 is 0 Å². The number of sulfonamides is 1. The number of hydrogen-bond acceptors (Lipinski definition) is 5. The van der Waals surface area contributed by atoms with Gasteiger partial charge in [0.05, 0.1) is 30.2 Å². The van der Waals surface area contributed by atoms with Crippen LogP contribution in [0.25, 0.3) is 11.0 Å². The standard InChI is InChI=1S/C17H18N4O3S/c22-25(23,20-8-10-24-11-9-20)15-5-3-4-14(12-15)13-21-17-7-2-1-6-16(17)18-19-21/h1-7,12H,8-11,13H2. The largest absolute Gasteiger partial charge is 0.379 e. The number of morpholine rings is 1. The van der Waals surface area contributed by atoms with Crippen LogP contribution in [0.4, 0.5) is 0 Å². The van der Waals surface area contributed by atoms with Crippen LogP contribution >= 0.6 is 0 Å². The highest BCUT2D eigenvalue weighted by molar-refractivity contribution is 7.89. The summed E-state index contributed by atoms with van der Waals surface area (Å²) < 4.78 is 34.1. The Hall–Kier alpha value is -2.29. The maximum atomic E-state index is 12.8. The van der Waals surface area contributed by atoms with E-state index in [1.807, 2.05) is 30.3 Å². The number of fused-ring (bicyclic) bond motifs is 1. The van der Waals surface area contributed by atoms with Crippen molar-refractivity contribution < 1.29 is 13.2 Å². The van der Waals surface area contributed by atoms with Crippen molar-refractivity contribution in [2.24, 2.45) is 0 Å². The van der Waals surface area contributed by atoms with E-state index in [4.69, 9.17) is 4.74 Å². The Morgan fingerprint density at radius 2 is 1.84 bits per heavy atom. The number of hydrogen-bond donors (Lipinski definition) is 0. The number of rotatable bonds is 4. The van der Waals surface area contributed by atoms with E-state index in [2.05, 4.69) is 10.3 Å². The lowest BCUT2D eigenvalue weighted by molar-refractivity contribution is 0.0730. The molecule has 0 radical (unpaired) electrons. The molecule has 0 bridgehead atoms. The molecule has 0 saturated carbocycles. The molecule has 0 atom stereocenters. The second kappa shape index (κ2) is 6.55. The lowest BCUT2D eigenvalue weighted by atomic mass is 10.2. The second-order valence-corrected chi connectivity index (χ2v) is 7.84. The van der Waals surface area contributed by atoms with E-state index in [1.54, 1.807) is 22.9 Å². The molecule has 2 aromatic carbocycles. The lowest BCUT2D eigenvalue weighted by Gasteiger charge is -2.26. The Bertz CT molecular complexity index is 994. The van der Waals surface area contributed by atoms with Crippen molar-refractivity contribution in [3.63, 3.8) is 0 Å². The van der Waals surface area contributed by atoms with E-state index < -0.39 is 10.0 Å². The van der Waals surface area contributed by atoms with Crippen LogP contribution in [0.3, 0.4) is 0 Å². The molecule has 0 amide bonds. The van der Waals surface area contributed by atoms with Gasteiger partial charge in [-0.3, -0.25) is 0 Å². The van der Waals surface area contributed by atoms with Gasteiger partial charge in [-0.15, -0.1) is 5.10 Å². The molecule has 0 N–H and O–H groups in total. The van der Waals surface area contributed by atoms with Gasteiger partial charge in [-0.05, 0) is 29.8 Å². The van der Waals surface area contributed by atoms with E-state index in [0.717, 1.165) is 16.6 Å². The number of aromatic nitrogens is 3. The zero-order chi connectivity index (χ0) is 17.3. The van der Waals surface area contributed by atoms with Crippen LogP contribution in [0, 0.1) is 0 Å².